The second kappa shape index (κ2) is 12.5. The largest absolute Gasteiger partial charge is 0.478 e. The van der Waals surface area contributed by atoms with E-state index in [4.69, 9.17) is 10.1 Å². The second-order valence-corrected chi connectivity index (χ2v) is 8.31. The van der Waals surface area contributed by atoms with Crippen molar-refractivity contribution in [2.75, 3.05) is 10.8 Å². The summed E-state index contributed by atoms with van der Waals surface area (Å²) in [5, 5.41) is 20.7. The van der Waals surface area contributed by atoms with E-state index < -0.39 is 11.9 Å². The topological polar surface area (TPSA) is 117 Å². The summed E-state index contributed by atoms with van der Waals surface area (Å²) in [5.74, 6) is -1.62. The Morgan fingerprint density at radius 2 is 1.22 bits per heavy atom. The van der Waals surface area contributed by atoms with Crippen LogP contribution in [0.15, 0.2) is 97.1 Å². The Kier molecular flexibility index (Phi) is 8.62. The van der Waals surface area contributed by atoms with Crippen LogP contribution in [0.2, 0.25) is 0 Å². The number of carboxylic acids is 1. The van der Waals surface area contributed by atoms with E-state index in [1.54, 1.807) is 24.3 Å². The molecular formula is C29H26N2O6. The summed E-state index contributed by atoms with van der Waals surface area (Å²) >= 11 is 0. The molecule has 0 bridgehead atoms. The number of hydrogen-bond donors (Lipinski definition) is 4. The van der Waals surface area contributed by atoms with Crippen molar-refractivity contribution in [3.63, 3.8) is 0 Å². The third-order valence-electron chi connectivity index (χ3n) is 5.73. The standard InChI is InChI=1S/C29H26N2O6/c32-28(26-7-3-4-8-27(26)29(33)34)30-24-13-9-20(10-14-24)17-21-11-15-25(16-12-21)31-36-18-22-5-1-2-6-23(22)19-37-35/h1-16,31,35H,17-19H2,(H,30,32)(H,33,34). The van der Waals surface area contributed by atoms with Crippen LogP contribution in [0.1, 0.15) is 43.0 Å². The van der Waals surface area contributed by atoms with Gasteiger partial charge in [0.2, 0.25) is 0 Å². The Balaban J connectivity index is 1.29. The predicted molar refractivity (Wildman–Crippen MR) is 139 cm³/mol. The molecule has 0 saturated heterocycles. The molecule has 188 valence electrons. The summed E-state index contributed by atoms with van der Waals surface area (Å²) in [4.78, 5) is 33.7. The Morgan fingerprint density at radius 1 is 0.676 bits per heavy atom. The van der Waals surface area contributed by atoms with E-state index in [1.807, 2.05) is 60.7 Å². The average molecular weight is 499 g/mol. The molecule has 0 unspecified atom stereocenters. The van der Waals surface area contributed by atoms with Crippen LogP contribution < -0.4 is 10.8 Å². The maximum atomic E-state index is 12.5. The summed E-state index contributed by atoms with van der Waals surface area (Å²) in [6.07, 6.45) is 0.700. The number of hydrogen-bond acceptors (Lipinski definition) is 6. The fourth-order valence-electron chi connectivity index (χ4n) is 3.80. The minimum atomic E-state index is -1.15. The Labute approximate surface area is 214 Å². The summed E-state index contributed by atoms with van der Waals surface area (Å²) in [5.41, 5.74) is 8.29. The van der Waals surface area contributed by atoms with Crippen molar-refractivity contribution in [2.45, 2.75) is 19.6 Å². The first-order chi connectivity index (χ1) is 18.0. The summed E-state index contributed by atoms with van der Waals surface area (Å²) in [7, 11) is 0. The minimum absolute atomic E-state index is 0.0407. The molecule has 0 aliphatic heterocycles. The molecule has 0 atom stereocenters. The lowest BCUT2D eigenvalue weighted by atomic mass is 10.0. The van der Waals surface area contributed by atoms with Gasteiger partial charge in [-0.15, -0.1) is 0 Å². The Hall–Kier alpha value is -4.50. The van der Waals surface area contributed by atoms with E-state index in [2.05, 4.69) is 15.7 Å². The lowest BCUT2D eigenvalue weighted by Crippen LogP contribution is -2.16. The number of aromatic carboxylic acids is 1. The molecule has 0 fully saturated rings. The quantitative estimate of drug-likeness (QED) is 0.153. The molecule has 0 radical (unpaired) electrons. The van der Waals surface area contributed by atoms with Gasteiger partial charge in [0.15, 0.2) is 0 Å². The smallest absolute Gasteiger partial charge is 0.336 e. The zero-order valence-corrected chi connectivity index (χ0v) is 19.9. The second-order valence-electron chi connectivity index (χ2n) is 8.31. The molecule has 0 aliphatic carbocycles. The SMILES string of the molecule is O=C(O)c1ccccc1C(=O)Nc1ccc(Cc2ccc(NOCc3ccccc3COO)cc2)cc1. The number of amides is 1. The molecule has 4 aromatic rings. The van der Waals surface area contributed by atoms with E-state index >= 15 is 0 Å². The van der Waals surface area contributed by atoms with Crippen LogP contribution in [0.25, 0.3) is 0 Å². The predicted octanol–water partition coefficient (Wildman–Crippen LogP) is 5.76. The minimum Gasteiger partial charge on any atom is -0.478 e. The molecule has 0 aromatic heterocycles. The molecule has 4 aromatic carbocycles. The molecule has 1 amide bonds. The molecule has 0 spiro atoms. The van der Waals surface area contributed by atoms with Crippen molar-refractivity contribution >= 4 is 23.3 Å². The van der Waals surface area contributed by atoms with Gasteiger partial charge in [-0.1, -0.05) is 60.7 Å². The van der Waals surface area contributed by atoms with E-state index in [-0.39, 0.29) is 17.7 Å². The Bertz CT molecular complexity index is 1350. The maximum absolute atomic E-state index is 12.5. The van der Waals surface area contributed by atoms with E-state index in [0.29, 0.717) is 18.7 Å². The van der Waals surface area contributed by atoms with Crippen molar-refractivity contribution < 1.29 is 29.7 Å². The van der Waals surface area contributed by atoms with Gasteiger partial charge in [-0.2, -0.15) is 0 Å². The van der Waals surface area contributed by atoms with Crippen molar-refractivity contribution in [2.24, 2.45) is 0 Å². The monoisotopic (exact) mass is 498 g/mol. The van der Waals surface area contributed by atoms with Crippen LogP contribution in [0.3, 0.4) is 0 Å². The number of rotatable bonds is 11. The van der Waals surface area contributed by atoms with E-state index in [9.17, 15) is 14.7 Å². The van der Waals surface area contributed by atoms with E-state index in [0.717, 1.165) is 27.9 Å². The number of anilines is 2. The van der Waals surface area contributed by atoms with Gasteiger partial charge in [-0.25, -0.2) is 9.68 Å². The van der Waals surface area contributed by atoms with Gasteiger partial charge in [-0.05, 0) is 65.1 Å². The van der Waals surface area contributed by atoms with Gasteiger partial charge in [0.25, 0.3) is 5.91 Å². The summed E-state index contributed by atoms with van der Waals surface area (Å²) in [6, 6.07) is 28.9. The van der Waals surface area contributed by atoms with Crippen LogP contribution in [0.5, 0.6) is 0 Å². The van der Waals surface area contributed by atoms with Crippen molar-refractivity contribution in [1.29, 1.82) is 0 Å². The first-order valence-corrected chi connectivity index (χ1v) is 11.6. The highest BCUT2D eigenvalue weighted by atomic mass is 17.1. The van der Waals surface area contributed by atoms with Gasteiger partial charge in [0.05, 0.1) is 23.4 Å². The number of nitrogens with one attached hydrogen (secondary N) is 2. The molecule has 37 heavy (non-hydrogen) atoms. The fourth-order valence-corrected chi connectivity index (χ4v) is 3.80. The molecule has 8 heteroatoms. The van der Waals surface area contributed by atoms with Gasteiger partial charge >= 0.3 is 5.97 Å². The zero-order valence-electron chi connectivity index (χ0n) is 19.9. The highest BCUT2D eigenvalue weighted by Gasteiger charge is 2.15. The first-order valence-electron chi connectivity index (χ1n) is 11.6. The molecular weight excluding hydrogens is 472 g/mol. The van der Waals surface area contributed by atoms with Crippen LogP contribution in [-0.4, -0.2) is 22.2 Å². The fraction of sp³-hybridized carbons (Fsp3) is 0.103. The van der Waals surface area contributed by atoms with Crippen molar-refractivity contribution in [1.82, 2.24) is 0 Å². The Morgan fingerprint density at radius 3 is 1.81 bits per heavy atom. The van der Waals surface area contributed by atoms with Crippen LogP contribution in [0, 0.1) is 0 Å². The molecule has 4 N–H and O–H groups in total. The zero-order chi connectivity index (χ0) is 26.0. The first kappa shape index (κ1) is 25.6. The number of carbonyl (C=O) groups excluding carboxylic acids is 1. The van der Waals surface area contributed by atoms with Crippen LogP contribution >= 0.6 is 0 Å². The summed E-state index contributed by atoms with van der Waals surface area (Å²) in [6.45, 7) is 0.409. The van der Waals surface area contributed by atoms with Gasteiger partial charge < -0.3 is 10.4 Å². The molecule has 4 rings (SSSR count). The lowest BCUT2D eigenvalue weighted by molar-refractivity contribution is -0.253. The van der Waals surface area contributed by atoms with Crippen molar-refractivity contribution in [3.05, 3.63) is 130 Å². The summed E-state index contributed by atoms with van der Waals surface area (Å²) < 4.78 is 0. The highest BCUT2D eigenvalue weighted by Crippen LogP contribution is 2.18. The third-order valence-corrected chi connectivity index (χ3v) is 5.73. The molecule has 0 heterocycles. The molecule has 8 nitrogen and oxygen atoms in total. The number of carboxylic acid groups (broad SMARTS) is 1. The normalized spacial score (nSPS) is 10.6. The average Bonchev–Trinajstić information content (AvgIpc) is 2.92. The lowest BCUT2D eigenvalue weighted by Gasteiger charge is -2.11. The van der Waals surface area contributed by atoms with Gasteiger partial charge in [-0.3, -0.25) is 20.4 Å². The maximum Gasteiger partial charge on any atom is 0.336 e. The molecule has 0 saturated carbocycles. The van der Waals surface area contributed by atoms with Gasteiger partial charge in [0, 0.05) is 5.69 Å². The van der Waals surface area contributed by atoms with E-state index in [1.165, 1.54) is 12.1 Å². The van der Waals surface area contributed by atoms with Crippen molar-refractivity contribution in [3.8, 4) is 0 Å². The highest BCUT2D eigenvalue weighted by molar-refractivity contribution is 6.10. The number of carbonyl (C=O) groups is 2. The number of benzene rings is 4. The molecule has 0 aliphatic rings. The van der Waals surface area contributed by atoms with Gasteiger partial charge in [0.1, 0.15) is 6.61 Å². The van der Waals surface area contributed by atoms with Crippen LogP contribution in [0.4, 0.5) is 11.4 Å². The van der Waals surface area contributed by atoms with Crippen LogP contribution in [-0.2, 0) is 29.4 Å². The third kappa shape index (κ3) is 7.02.